The predicted octanol–water partition coefficient (Wildman–Crippen LogP) is 0.881. The smallest absolute Gasteiger partial charge is 0.259 e. The van der Waals surface area contributed by atoms with Gasteiger partial charge < -0.3 is 5.73 Å². The second-order valence-electron chi connectivity index (χ2n) is 4.74. The van der Waals surface area contributed by atoms with E-state index in [0.717, 1.165) is 18.5 Å². The number of nitrogens with zero attached hydrogens (tertiary/aromatic N) is 2. The fraction of sp³-hybridized carbons (Fsp3) is 0.462. The van der Waals surface area contributed by atoms with Crippen LogP contribution in [0.2, 0.25) is 0 Å². The molecule has 0 aromatic carbocycles. The normalized spacial score (nSPS) is 19.2. The Morgan fingerprint density at radius 1 is 1.61 bits per heavy atom. The molecule has 0 saturated heterocycles. The van der Waals surface area contributed by atoms with Crippen LogP contribution in [0.3, 0.4) is 0 Å². The first-order chi connectivity index (χ1) is 8.60. The van der Waals surface area contributed by atoms with Crippen LogP contribution in [0.5, 0.6) is 0 Å². The highest BCUT2D eigenvalue weighted by molar-refractivity contribution is 6.05. The van der Waals surface area contributed by atoms with E-state index in [9.17, 15) is 4.79 Å². The summed E-state index contributed by atoms with van der Waals surface area (Å²) in [4.78, 5) is 19.9. The molecule has 0 radical (unpaired) electrons. The van der Waals surface area contributed by atoms with Gasteiger partial charge in [-0.25, -0.2) is 0 Å². The van der Waals surface area contributed by atoms with E-state index in [0.29, 0.717) is 11.5 Å². The molecular formula is C13H18N4O. The number of hydrogen-bond donors (Lipinski definition) is 2. The Morgan fingerprint density at radius 3 is 3.11 bits per heavy atom. The Kier molecular flexibility index (Phi) is 3.60. The standard InChI is InChI=1S/C13H18N4O/c1-8-3-4-11-9(5-8)6-10(7-16-11)12(18)17-13(14)15-2/h6-8H,3-5H2,1-2H3,(H3,14,15,17,18). The SMILES string of the molecule is CN=C(N)NC(=O)c1cnc2c(c1)CC(C)CC2. The van der Waals surface area contributed by atoms with Gasteiger partial charge in [-0.2, -0.15) is 0 Å². The van der Waals surface area contributed by atoms with Crippen LogP contribution in [0.4, 0.5) is 0 Å². The minimum Gasteiger partial charge on any atom is -0.370 e. The third kappa shape index (κ3) is 2.67. The molecule has 0 aliphatic heterocycles. The van der Waals surface area contributed by atoms with Crippen molar-refractivity contribution in [3.8, 4) is 0 Å². The maximum absolute atomic E-state index is 11.9. The van der Waals surface area contributed by atoms with E-state index in [1.807, 2.05) is 6.07 Å². The Hall–Kier alpha value is -1.91. The van der Waals surface area contributed by atoms with Crippen LogP contribution in [-0.2, 0) is 12.8 Å². The molecule has 96 valence electrons. The second-order valence-corrected chi connectivity index (χ2v) is 4.74. The van der Waals surface area contributed by atoms with E-state index in [2.05, 4.69) is 22.2 Å². The quantitative estimate of drug-likeness (QED) is 0.570. The van der Waals surface area contributed by atoms with Crippen LogP contribution in [-0.4, -0.2) is 23.9 Å². The molecule has 1 unspecified atom stereocenters. The third-order valence-electron chi connectivity index (χ3n) is 3.25. The number of aryl methyl sites for hydroxylation is 1. The molecule has 0 bridgehead atoms. The molecule has 3 N–H and O–H groups in total. The van der Waals surface area contributed by atoms with Gasteiger partial charge in [-0.1, -0.05) is 6.92 Å². The molecule has 1 heterocycles. The number of aromatic nitrogens is 1. The second kappa shape index (κ2) is 5.16. The molecule has 2 rings (SSSR count). The Balaban J connectivity index is 2.20. The summed E-state index contributed by atoms with van der Waals surface area (Å²) < 4.78 is 0. The van der Waals surface area contributed by atoms with Gasteiger partial charge in [0.25, 0.3) is 5.91 Å². The summed E-state index contributed by atoms with van der Waals surface area (Å²) in [5, 5.41) is 2.51. The summed E-state index contributed by atoms with van der Waals surface area (Å²) in [5.74, 6) is 0.512. The van der Waals surface area contributed by atoms with Crippen LogP contribution in [0, 0.1) is 5.92 Å². The summed E-state index contributed by atoms with van der Waals surface area (Å²) in [5.41, 5.74) is 8.29. The fourth-order valence-electron chi connectivity index (χ4n) is 2.17. The number of nitrogens with two attached hydrogens (primary N) is 1. The molecule has 1 aliphatic carbocycles. The minimum absolute atomic E-state index is 0.117. The first-order valence-electron chi connectivity index (χ1n) is 6.11. The average molecular weight is 246 g/mol. The molecular weight excluding hydrogens is 228 g/mol. The maximum atomic E-state index is 11.9. The summed E-state index contributed by atoms with van der Waals surface area (Å²) in [7, 11) is 1.53. The molecule has 0 spiro atoms. The van der Waals surface area contributed by atoms with E-state index in [1.54, 1.807) is 6.20 Å². The van der Waals surface area contributed by atoms with Crippen LogP contribution in [0.1, 0.15) is 35.0 Å². The number of carbonyl (C=O) groups excluding carboxylic acids is 1. The zero-order valence-corrected chi connectivity index (χ0v) is 10.7. The van der Waals surface area contributed by atoms with Gasteiger partial charge in [-0.05, 0) is 36.8 Å². The Labute approximate surface area is 107 Å². The van der Waals surface area contributed by atoms with Crippen molar-refractivity contribution < 1.29 is 4.79 Å². The number of amides is 1. The largest absolute Gasteiger partial charge is 0.370 e. The molecule has 0 saturated carbocycles. The van der Waals surface area contributed by atoms with Crippen LogP contribution >= 0.6 is 0 Å². The molecule has 1 amide bonds. The molecule has 18 heavy (non-hydrogen) atoms. The van der Waals surface area contributed by atoms with E-state index < -0.39 is 0 Å². The van der Waals surface area contributed by atoms with Crippen molar-refractivity contribution in [2.24, 2.45) is 16.6 Å². The predicted molar refractivity (Wildman–Crippen MR) is 70.4 cm³/mol. The van der Waals surface area contributed by atoms with Gasteiger partial charge in [0.05, 0.1) is 5.56 Å². The first-order valence-corrected chi connectivity index (χ1v) is 6.11. The van der Waals surface area contributed by atoms with Crippen molar-refractivity contribution in [1.82, 2.24) is 10.3 Å². The number of carbonyl (C=O) groups is 1. The van der Waals surface area contributed by atoms with Gasteiger partial charge in [0.1, 0.15) is 0 Å². The molecule has 1 atom stereocenters. The fourth-order valence-corrected chi connectivity index (χ4v) is 2.17. The van der Waals surface area contributed by atoms with Crippen molar-refractivity contribution in [3.05, 3.63) is 29.1 Å². The summed E-state index contributed by atoms with van der Waals surface area (Å²) in [6, 6.07) is 1.91. The zero-order valence-electron chi connectivity index (χ0n) is 10.7. The van der Waals surface area contributed by atoms with Gasteiger partial charge >= 0.3 is 0 Å². The minimum atomic E-state index is -0.258. The van der Waals surface area contributed by atoms with Crippen LogP contribution in [0.15, 0.2) is 17.3 Å². The lowest BCUT2D eigenvalue weighted by molar-refractivity contribution is 0.0976. The molecule has 0 fully saturated rings. The van der Waals surface area contributed by atoms with Crippen molar-refractivity contribution in [1.29, 1.82) is 0 Å². The molecule has 1 aromatic heterocycles. The van der Waals surface area contributed by atoms with Gasteiger partial charge in [0.15, 0.2) is 5.96 Å². The van der Waals surface area contributed by atoms with E-state index in [1.165, 1.54) is 19.0 Å². The van der Waals surface area contributed by atoms with Crippen molar-refractivity contribution in [2.45, 2.75) is 26.2 Å². The number of fused-ring (bicyclic) bond motifs is 1. The zero-order chi connectivity index (χ0) is 13.1. The summed E-state index contributed by atoms with van der Waals surface area (Å²) in [6.07, 6.45) is 4.76. The van der Waals surface area contributed by atoms with Crippen molar-refractivity contribution in [2.75, 3.05) is 7.05 Å². The highest BCUT2D eigenvalue weighted by Gasteiger charge is 2.18. The van der Waals surface area contributed by atoms with Crippen molar-refractivity contribution >= 4 is 11.9 Å². The van der Waals surface area contributed by atoms with Gasteiger partial charge in [0, 0.05) is 18.9 Å². The average Bonchev–Trinajstić information content (AvgIpc) is 2.37. The number of aliphatic imine (C=N–C) groups is 1. The first kappa shape index (κ1) is 12.5. The molecule has 1 aromatic rings. The summed E-state index contributed by atoms with van der Waals surface area (Å²) >= 11 is 0. The lowest BCUT2D eigenvalue weighted by Crippen LogP contribution is -2.36. The van der Waals surface area contributed by atoms with Crippen molar-refractivity contribution in [3.63, 3.8) is 0 Å². The number of pyridine rings is 1. The molecule has 1 aliphatic rings. The van der Waals surface area contributed by atoms with Gasteiger partial charge in [-0.3, -0.25) is 20.1 Å². The van der Waals surface area contributed by atoms with Gasteiger partial charge in [0.2, 0.25) is 0 Å². The Bertz CT molecular complexity index is 496. The molecule has 5 nitrogen and oxygen atoms in total. The van der Waals surface area contributed by atoms with Crippen LogP contribution < -0.4 is 11.1 Å². The monoisotopic (exact) mass is 246 g/mol. The highest BCUT2D eigenvalue weighted by atomic mass is 16.1. The number of guanidine groups is 1. The Morgan fingerprint density at radius 2 is 2.39 bits per heavy atom. The van der Waals surface area contributed by atoms with Crippen LogP contribution in [0.25, 0.3) is 0 Å². The maximum Gasteiger partial charge on any atom is 0.259 e. The lowest BCUT2D eigenvalue weighted by atomic mass is 9.87. The lowest BCUT2D eigenvalue weighted by Gasteiger charge is -2.20. The topological polar surface area (TPSA) is 80.4 Å². The van der Waals surface area contributed by atoms with E-state index in [-0.39, 0.29) is 11.9 Å². The summed E-state index contributed by atoms with van der Waals surface area (Å²) in [6.45, 7) is 2.22. The number of hydrogen-bond acceptors (Lipinski definition) is 3. The van der Waals surface area contributed by atoms with E-state index >= 15 is 0 Å². The van der Waals surface area contributed by atoms with E-state index in [4.69, 9.17) is 5.73 Å². The molecule has 5 heteroatoms. The van der Waals surface area contributed by atoms with Gasteiger partial charge in [-0.15, -0.1) is 0 Å². The third-order valence-corrected chi connectivity index (χ3v) is 3.25. The number of nitrogens with one attached hydrogen (secondary N) is 1. The highest BCUT2D eigenvalue weighted by Crippen LogP contribution is 2.24. The number of rotatable bonds is 1.